The minimum Gasteiger partial charge on any atom is -0.341 e. The second-order valence-corrected chi connectivity index (χ2v) is 5.50. The number of nitrogens with zero attached hydrogens (tertiary/aromatic N) is 6. The minimum atomic E-state index is -0.299. The van der Waals surface area contributed by atoms with Crippen LogP contribution >= 0.6 is 0 Å². The highest BCUT2D eigenvalue weighted by Crippen LogP contribution is 2.22. The molecule has 8 nitrogen and oxygen atoms in total. The van der Waals surface area contributed by atoms with Crippen molar-refractivity contribution >= 4 is 17.1 Å². The summed E-state index contributed by atoms with van der Waals surface area (Å²) in [5.41, 5.74) is 6.32. The van der Waals surface area contributed by atoms with Gasteiger partial charge in [0.15, 0.2) is 11.2 Å². The summed E-state index contributed by atoms with van der Waals surface area (Å²) in [6.07, 6.45) is 0.873. The maximum Gasteiger partial charge on any atom is 0.280 e. The SMILES string of the molecule is CC#CCn1c(N2CCC(N)C2)nc2nc(C#N)n(C)c(=O)c21. The summed E-state index contributed by atoms with van der Waals surface area (Å²) in [6, 6.07) is 2.01. The van der Waals surface area contributed by atoms with E-state index >= 15 is 0 Å². The lowest BCUT2D eigenvalue weighted by molar-refractivity contribution is 0.743. The lowest BCUT2D eigenvalue weighted by atomic mass is 10.3. The van der Waals surface area contributed by atoms with Crippen molar-refractivity contribution in [1.82, 2.24) is 19.1 Å². The Balaban J connectivity index is 2.27. The molecule has 118 valence electrons. The van der Waals surface area contributed by atoms with Crippen LogP contribution in [-0.2, 0) is 13.6 Å². The molecule has 0 spiro atoms. The van der Waals surface area contributed by atoms with Crippen LogP contribution < -0.4 is 16.2 Å². The summed E-state index contributed by atoms with van der Waals surface area (Å²) in [5.74, 6) is 6.47. The van der Waals surface area contributed by atoms with Crippen molar-refractivity contribution in [3.8, 4) is 17.9 Å². The first-order chi connectivity index (χ1) is 11.1. The molecular formula is C15H17N7O. The fraction of sp³-hybridized carbons (Fsp3) is 0.467. The molecule has 1 aliphatic rings. The molecule has 2 N–H and O–H groups in total. The number of rotatable bonds is 2. The molecule has 1 unspecified atom stereocenters. The first-order valence-corrected chi connectivity index (χ1v) is 7.34. The largest absolute Gasteiger partial charge is 0.341 e. The second-order valence-electron chi connectivity index (χ2n) is 5.50. The van der Waals surface area contributed by atoms with Gasteiger partial charge in [-0.3, -0.25) is 13.9 Å². The Morgan fingerprint density at radius 3 is 2.83 bits per heavy atom. The second kappa shape index (κ2) is 5.75. The van der Waals surface area contributed by atoms with Crippen LogP contribution in [0.4, 0.5) is 5.95 Å². The molecule has 0 amide bonds. The van der Waals surface area contributed by atoms with Crippen molar-refractivity contribution in [2.75, 3.05) is 18.0 Å². The smallest absolute Gasteiger partial charge is 0.280 e. The zero-order chi connectivity index (χ0) is 16.6. The maximum atomic E-state index is 12.6. The van der Waals surface area contributed by atoms with E-state index in [9.17, 15) is 4.79 Å². The number of hydrogen-bond donors (Lipinski definition) is 1. The Bertz CT molecular complexity index is 922. The zero-order valence-corrected chi connectivity index (χ0v) is 13.1. The minimum absolute atomic E-state index is 0.0402. The molecular weight excluding hydrogens is 294 g/mol. The Kier molecular flexibility index (Phi) is 3.77. The first kappa shape index (κ1) is 15.1. The third kappa shape index (κ3) is 2.43. The molecule has 23 heavy (non-hydrogen) atoms. The van der Waals surface area contributed by atoms with Gasteiger partial charge in [-0.25, -0.2) is 0 Å². The van der Waals surface area contributed by atoms with Gasteiger partial charge in [-0.1, -0.05) is 5.92 Å². The normalized spacial score (nSPS) is 17.1. The van der Waals surface area contributed by atoms with Crippen LogP contribution in [0.1, 0.15) is 19.2 Å². The van der Waals surface area contributed by atoms with Crippen LogP contribution in [0.15, 0.2) is 4.79 Å². The van der Waals surface area contributed by atoms with Crippen LogP contribution in [0.25, 0.3) is 11.2 Å². The van der Waals surface area contributed by atoms with E-state index in [2.05, 4.69) is 21.8 Å². The van der Waals surface area contributed by atoms with Gasteiger partial charge in [0.05, 0.1) is 6.54 Å². The van der Waals surface area contributed by atoms with Gasteiger partial charge >= 0.3 is 0 Å². The van der Waals surface area contributed by atoms with E-state index in [4.69, 9.17) is 11.0 Å². The standard InChI is InChI=1S/C15H17N7O/c1-3-4-6-22-12-13(18-11(8-16)20(2)14(12)23)19-15(22)21-7-5-10(17)9-21/h10H,5-7,9,17H2,1-2H3. The van der Waals surface area contributed by atoms with Gasteiger partial charge in [0, 0.05) is 26.2 Å². The summed E-state index contributed by atoms with van der Waals surface area (Å²) in [4.78, 5) is 23.3. The van der Waals surface area contributed by atoms with Gasteiger partial charge in [0.1, 0.15) is 6.07 Å². The van der Waals surface area contributed by atoms with Gasteiger partial charge in [0.25, 0.3) is 5.56 Å². The number of anilines is 1. The highest BCUT2D eigenvalue weighted by Gasteiger charge is 2.26. The molecule has 3 rings (SSSR count). The number of hydrogen-bond acceptors (Lipinski definition) is 6. The first-order valence-electron chi connectivity index (χ1n) is 7.34. The van der Waals surface area contributed by atoms with Crippen molar-refractivity contribution < 1.29 is 0 Å². The predicted octanol–water partition coefficient (Wildman–Crippen LogP) is -0.438. The molecule has 0 radical (unpaired) electrons. The number of nitriles is 1. The zero-order valence-electron chi connectivity index (χ0n) is 13.1. The van der Waals surface area contributed by atoms with Crippen LogP contribution in [0.3, 0.4) is 0 Å². The van der Waals surface area contributed by atoms with Crippen molar-refractivity contribution in [1.29, 1.82) is 5.26 Å². The monoisotopic (exact) mass is 311 g/mol. The number of fused-ring (bicyclic) bond motifs is 1. The molecule has 0 aromatic carbocycles. The summed E-state index contributed by atoms with van der Waals surface area (Å²) in [7, 11) is 1.53. The average Bonchev–Trinajstić information content (AvgIpc) is 3.12. The highest BCUT2D eigenvalue weighted by molar-refractivity contribution is 5.74. The highest BCUT2D eigenvalue weighted by atomic mass is 16.1. The van der Waals surface area contributed by atoms with Gasteiger partial charge in [0.2, 0.25) is 11.8 Å². The molecule has 2 aromatic heterocycles. The Morgan fingerprint density at radius 1 is 1.43 bits per heavy atom. The van der Waals surface area contributed by atoms with E-state index < -0.39 is 0 Å². The van der Waals surface area contributed by atoms with Crippen LogP contribution in [0.5, 0.6) is 0 Å². The Morgan fingerprint density at radius 2 is 2.22 bits per heavy atom. The van der Waals surface area contributed by atoms with Crippen molar-refractivity contribution in [3.63, 3.8) is 0 Å². The topological polar surface area (TPSA) is 106 Å². The van der Waals surface area contributed by atoms with E-state index in [-0.39, 0.29) is 23.1 Å². The average molecular weight is 311 g/mol. The van der Waals surface area contributed by atoms with Gasteiger partial charge in [-0.2, -0.15) is 15.2 Å². The van der Waals surface area contributed by atoms with Gasteiger partial charge in [-0.05, 0) is 13.3 Å². The van der Waals surface area contributed by atoms with E-state index in [1.54, 1.807) is 11.5 Å². The lowest BCUT2D eigenvalue weighted by Gasteiger charge is -2.17. The summed E-state index contributed by atoms with van der Waals surface area (Å²) >= 11 is 0. The van der Waals surface area contributed by atoms with Crippen LogP contribution in [-0.4, -0.2) is 38.2 Å². The third-order valence-corrected chi connectivity index (χ3v) is 3.99. The van der Waals surface area contributed by atoms with Gasteiger partial charge < -0.3 is 10.6 Å². The molecule has 1 atom stereocenters. The third-order valence-electron chi connectivity index (χ3n) is 3.99. The molecule has 8 heteroatoms. The van der Waals surface area contributed by atoms with E-state index in [0.29, 0.717) is 24.6 Å². The molecule has 1 saturated heterocycles. The van der Waals surface area contributed by atoms with Crippen LogP contribution in [0, 0.1) is 23.2 Å². The summed E-state index contributed by atoms with van der Waals surface area (Å²) in [6.45, 7) is 3.54. The summed E-state index contributed by atoms with van der Waals surface area (Å²) in [5, 5.41) is 9.11. The van der Waals surface area contributed by atoms with Gasteiger partial charge in [-0.15, -0.1) is 5.92 Å². The lowest BCUT2D eigenvalue weighted by Crippen LogP contribution is -2.29. The molecule has 3 heterocycles. The fourth-order valence-corrected chi connectivity index (χ4v) is 2.77. The van der Waals surface area contributed by atoms with E-state index in [1.807, 2.05) is 11.0 Å². The Labute approximate surface area is 133 Å². The van der Waals surface area contributed by atoms with Crippen LogP contribution in [0.2, 0.25) is 0 Å². The van der Waals surface area contributed by atoms with Crippen molar-refractivity contribution in [2.45, 2.75) is 25.9 Å². The van der Waals surface area contributed by atoms with Crippen molar-refractivity contribution in [2.24, 2.45) is 12.8 Å². The molecule has 2 aromatic rings. The summed E-state index contributed by atoms with van der Waals surface area (Å²) < 4.78 is 3.00. The van der Waals surface area contributed by atoms with Crippen molar-refractivity contribution in [3.05, 3.63) is 16.2 Å². The molecule has 0 saturated carbocycles. The Hall–Kier alpha value is -2.84. The molecule has 1 aliphatic heterocycles. The molecule has 1 fully saturated rings. The number of imidazole rings is 1. The maximum absolute atomic E-state index is 12.6. The predicted molar refractivity (Wildman–Crippen MR) is 85.7 cm³/mol. The fourth-order valence-electron chi connectivity index (χ4n) is 2.77. The number of aromatic nitrogens is 4. The number of nitrogens with two attached hydrogens (primary N) is 1. The molecule has 0 aliphatic carbocycles. The van der Waals surface area contributed by atoms with E-state index in [1.165, 1.54) is 11.6 Å². The molecule has 0 bridgehead atoms. The van der Waals surface area contributed by atoms with E-state index in [0.717, 1.165) is 13.0 Å². The quantitative estimate of drug-likeness (QED) is 0.754.